The third-order valence-corrected chi connectivity index (χ3v) is 4.19. The van der Waals surface area contributed by atoms with Crippen LogP contribution in [0.4, 0.5) is 0 Å². The van der Waals surface area contributed by atoms with Crippen molar-refractivity contribution >= 4 is 22.6 Å². The minimum Gasteiger partial charge on any atom is -0.334 e. The lowest BCUT2D eigenvalue weighted by Gasteiger charge is -2.18. The highest BCUT2D eigenvalue weighted by Crippen LogP contribution is 2.27. The van der Waals surface area contributed by atoms with Gasteiger partial charge in [0.2, 0.25) is 0 Å². The molecule has 0 amide bonds. The predicted molar refractivity (Wildman–Crippen MR) is 77.3 cm³/mol. The molecule has 0 atom stereocenters. The van der Waals surface area contributed by atoms with E-state index in [-0.39, 0.29) is 0 Å². The molecule has 0 bridgehead atoms. The summed E-state index contributed by atoms with van der Waals surface area (Å²) in [5, 5.41) is 7.48. The van der Waals surface area contributed by atoms with Crippen molar-refractivity contribution in [2.75, 3.05) is 13.1 Å². The average Bonchev–Trinajstić information content (AvgIpc) is 2.90. The fourth-order valence-corrected chi connectivity index (χ4v) is 2.84. The van der Waals surface area contributed by atoms with Gasteiger partial charge in [0.15, 0.2) is 5.82 Å². The summed E-state index contributed by atoms with van der Waals surface area (Å²) in [7, 11) is 0. The summed E-state index contributed by atoms with van der Waals surface area (Å²) in [4.78, 5) is 4.55. The average molecular weight is 355 g/mol. The van der Waals surface area contributed by atoms with Crippen molar-refractivity contribution in [1.29, 1.82) is 0 Å². The molecule has 0 saturated carbocycles. The fourth-order valence-electron chi connectivity index (χ4n) is 2.22. The van der Waals surface area contributed by atoms with Crippen LogP contribution in [0, 0.1) is 3.57 Å². The van der Waals surface area contributed by atoms with Crippen LogP contribution in [-0.2, 0) is 0 Å². The smallest absolute Gasteiger partial charge is 0.259 e. The first kappa shape index (κ1) is 12.1. The Morgan fingerprint density at radius 2 is 2.00 bits per heavy atom. The predicted octanol–water partition coefficient (Wildman–Crippen LogP) is 2.81. The van der Waals surface area contributed by atoms with Gasteiger partial charge in [0.05, 0.1) is 5.56 Å². The SMILES string of the molecule is Ic1ccccc1-c1nc(C2CCNCC2)no1. The van der Waals surface area contributed by atoms with Crippen LogP contribution in [0.3, 0.4) is 0 Å². The van der Waals surface area contributed by atoms with E-state index in [1.807, 2.05) is 24.3 Å². The molecule has 0 spiro atoms. The minimum absolute atomic E-state index is 0.435. The maximum atomic E-state index is 5.40. The van der Waals surface area contributed by atoms with Crippen molar-refractivity contribution < 1.29 is 4.52 Å². The Balaban J connectivity index is 1.87. The summed E-state index contributed by atoms with van der Waals surface area (Å²) in [5.41, 5.74) is 1.02. The van der Waals surface area contributed by atoms with Gasteiger partial charge in [-0.1, -0.05) is 17.3 Å². The number of hydrogen-bond donors (Lipinski definition) is 1. The molecular formula is C13H14IN3O. The second-order valence-electron chi connectivity index (χ2n) is 4.46. The number of benzene rings is 1. The molecule has 1 aliphatic rings. The third-order valence-electron chi connectivity index (χ3n) is 3.25. The highest BCUT2D eigenvalue weighted by atomic mass is 127. The molecule has 3 rings (SSSR count). The molecule has 5 heteroatoms. The maximum absolute atomic E-state index is 5.40. The second kappa shape index (κ2) is 5.36. The first-order chi connectivity index (χ1) is 8.84. The summed E-state index contributed by atoms with van der Waals surface area (Å²) in [5.74, 6) is 1.92. The highest BCUT2D eigenvalue weighted by Gasteiger charge is 2.21. The summed E-state index contributed by atoms with van der Waals surface area (Å²) in [6.07, 6.45) is 2.18. The maximum Gasteiger partial charge on any atom is 0.259 e. The van der Waals surface area contributed by atoms with Gasteiger partial charge >= 0.3 is 0 Å². The molecule has 0 radical (unpaired) electrons. The van der Waals surface area contributed by atoms with Crippen LogP contribution < -0.4 is 5.32 Å². The molecule has 2 heterocycles. The summed E-state index contributed by atoms with van der Waals surface area (Å²) in [6.45, 7) is 2.08. The van der Waals surface area contributed by atoms with Gasteiger partial charge < -0.3 is 9.84 Å². The van der Waals surface area contributed by atoms with E-state index < -0.39 is 0 Å². The van der Waals surface area contributed by atoms with Gasteiger partial charge in [0.1, 0.15) is 0 Å². The molecule has 1 aromatic heterocycles. The number of hydrogen-bond acceptors (Lipinski definition) is 4. The normalized spacial score (nSPS) is 16.9. The van der Waals surface area contributed by atoms with Crippen LogP contribution in [0.15, 0.2) is 28.8 Å². The molecule has 1 aromatic carbocycles. The molecule has 18 heavy (non-hydrogen) atoms. The van der Waals surface area contributed by atoms with Crippen LogP contribution in [0.1, 0.15) is 24.6 Å². The number of halogens is 1. The van der Waals surface area contributed by atoms with Gasteiger partial charge in [-0.3, -0.25) is 0 Å². The molecular weight excluding hydrogens is 341 g/mol. The van der Waals surface area contributed by atoms with E-state index in [4.69, 9.17) is 4.52 Å². The van der Waals surface area contributed by atoms with Gasteiger partial charge in [-0.05, 0) is 60.7 Å². The van der Waals surface area contributed by atoms with Crippen LogP contribution >= 0.6 is 22.6 Å². The topological polar surface area (TPSA) is 51.0 Å². The van der Waals surface area contributed by atoms with Crippen molar-refractivity contribution in [1.82, 2.24) is 15.5 Å². The van der Waals surface area contributed by atoms with Gasteiger partial charge in [-0.15, -0.1) is 0 Å². The van der Waals surface area contributed by atoms with Crippen molar-refractivity contribution in [2.45, 2.75) is 18.8 Å². The van der Waals surface area contributed by atoms with E-state index in [0.29, 0.717) is 11.8 Å². The van der Waals surface area contributed by atoms with Crippen molar-refractivity contribution in [3.63, 3.8) is 0 Å². The molecule has 1 aliphatic heterocycles. The Morgan fingerprint density at radius 1 is 1.22 bits per heavy atom. The quantitative estimate of drug-likeness (QED) is 0.842. The van der Waals surface area contributed by atoms with Crippen LogP contribution in [0.5, 0.6) is 0 Å². The highest BCUT2D eigenvalue weighted by molar-refractivity contribution is 14.1. The summed E-state index contributed by atoms with van der Waals surface area (Å²) < 4.78 is 6.53. The summed E-state index contributed by atoms with van der Waals surface area (Å²) >= 11 is 2.29. The van der Waals surface area contributed by atoms with E-state index in [9.17, 15) is 0 Å². The molecule has 1 saturated heterocycles. The number of nitrogens with one attached hydrogen (secondary N) is 1. The van der Waals surface area contributed by atoms with Gasteiger partial charge in [-0.2, -0.15) is 4.98 Å². The Morgan fingerprint density at radius 3 is 2.78 bits per heavy atom. The second-order valence-corrected chi connectivity index (χ2v) is 5.62. The third kappa shape index (κ3) is 2.42. The van der Waals surface area contributed by atoms with Crippen LogP contribution in [-0.4, -0.2) is 23.2 Å². The number of nitrogens with zero attached hydrogens (tertiary/aromatic N) is 2. The molecule has 4 nitrogen and oxygen atoms in total. The molecule has 1 N–H and O–H groups in total. The zero-order chi connectivity index (χ0) is 12.4. The van der Waals surface area contributed by atoms with Gasteiger partial charge in [0.25, 0.3) is 5.89 Å². The lowest BCUT2D eigenvalue weighted by Crippen LogP contribution is -2.27. The lowest BCUT2D eigenvalue weighted by atomic mass is 9.98. The largest absolute Gasteiger partial charge is 0.334 e. The van der Waals surface area contributed by atoms with Crippen molar-refractivity contribution in [2.24, 2.45) is 0 Å². The van der Waals surface area contributed by atoms with E-state index in [2.05, 4.69) is 38.0 Å². The fraction of sp³-hybridized carbons (Fsp3) is 0.385. The molecule has 94 valence electrons. The standard InChI is InChI=1S/C13H14IN3O/c14-11-4-2-1-3-10(11)13-16-12(17-18-13)9-5-7-15-8-6-9/h1-4,9,15H,5-8H2. The Hall–Kier alpha value is -0.950. The van der Waals surface area contributed by atoms with Crippen molar-refractivity contribution in [3.05, 3.63) is 33.7 Å². The van der Waals surface area contributed by atoms with Gasteiger partial charge in [0, 0.05) is 9.49 Å². The molecule has 0 unspecified atom stereocenters. The van der Waals surface area contributed by atoms with E-state index >= 15 is 0 Å². The van der Waals surface area contributed by atoms with Crippen LogP contribution in [0.2, 0.25) is 0 Å². The minimum atomic E-state index is 0.435. The zero-order valence-corrected chi connectivity index (χ0v) is 12.1. The Bertz CT molecular complexity index is 535. The zero-order valence-electron chi connectivity index (χ0n) is 9.90. The number of piperidine rings is 1. The van der Waals surface area contributed by atoms with Gasteiger partial charge in [-0.25, -0.2) is 0 Å². The van der Waals surface area contributed by atoms with E-state index in [1.54, 1.807) is 0 Å². The first-order valence-electron chi connectivity index (χ1n) is 6.14. The van der Waals surface area contributed by atoms with Crippen molar-refractivity contribution in [3.8, 4) is 11.5 Å². The number of rotatable bonds is 2. The molecule has 1 fully saturated rings. The first-order valence-corrected chi connectivity index (χ1v) is 7.21. The van der Waals surface area contributed by atoms with E-state index in [0.717, 1.165) is 40.9 Å². The summed E-state index contributed by atoms with van der Waals surface area (Å²) in [6, 6.07) is 8.06. The van der Waals surface area contributed by atoms with Crippen LogP contribution in [0.25, 0.3) is 11.5 Å². The van der Waals surface area contributed by atoms with E-state index in [1.165, 1.54) is 0 Å². The Labute approximate surface area is 119 Å². The number of aromatic nitrogens is 2. The monoisotopic (exact) mass is 355 g/mol. The Kier molecular flexibility index (Phi) is 3.60. The lowest BCUT2D eigenvalue weighted by molar-refractivity contribution is 0.392. The molecule has 2 aromatic rings. The molecule has 0 aliphatic carbocycles.